The van der Waals surface area contributed by atoms with Crippen molar-refractivity contribution in [1.29, 1.82) is 5.26 Å². The van der Waals surface area contributed by atoms with Crippen molar-refractivity contribution in [3.63, 3.8) is 0 Å². The van der Waals surface area contributed by atoms with E-state index >= 15 is 0 Å². The second-order valence-corrected chi connectivity index (χ2v) is 4.48. The molecule has 0 bridgehead atoms. The van der Waals surface area contributed by atoms with E-state index in [-0.39, 0.29) is 12.0 Å². The van der Waals surface area contributed by atoms with Gasteiger partial charge < -0.3 is 4.74 Å². The van der Waals surface area contributed by atoms with E-state index in [9.17, 15) is 0 Å². The van der Waals surface area contributed by atoms with Gasteiger partial charge in [-0.2, -0.15) is 5.26 Å². The zero-order valence-corrected chi connectivity index (χ0v) is 9.60. The first-order valence-electron chi connectivity index (χ1n) is 5.87. The van der Waals surface area contributed by atoms with E-state index in [4.69, 9.17) is 10.00 Å². The van der Waals surface area contributed by atoms with E-state index in [1.54, 1.807) is 0 Å². The molecule has 2 heteroatoms. The van der Waals surface area contributed by atoms with Crippen LogP contribution in [0.5, 0.6) is 0 Å². The topological polar surface area (TPSA) is 33.0 Å². The highest BCUT2D eigenvalue weighted by molar-refractivity contribution is 5.19. The molecule has 0 aliphatic carbocycles. The Morgan fingerprint density at radius 2 is 2.19 bits per heavy atom. The van der Waals surface area contributed by atoms with Crippen molar-refractivity contribution in [3.05, 3.63) is 35.9 Å². The average molecular weight is 215 g/mol. The average Bonchev–Trinajstić information content (AvgIpc) is 2.77. The van der Waals surface area contributed by atoms with Gasteiger partial charge in [0.2, 0.25) is 0 Å². The monoisotopic (exact) mass is 215 g/mol. The van der Waals surface area contributed by atoms with Gasteiger partial charge in [0.1, 0.15) is 0 Å². The molecule has 0 spiro atoms. The molecule has 1 aliphatic rings. The molecule has 3 atom stereocenters. The van der Waals surface area contributed by atoms with Gasteiger partial charge in [0.25, 0.3) is 0 Å². The van der Waals surface area contributed by atoms with Crippen LogP contribution in [0.3, 0.4) is 0 Å². The van der Waals surface area contributed by atoms with Gasteiger partial charge in [-0.25, -0.2) is 0 Å². The van der Waals surface area contributed by atoms with Crippen molar-refractivity contribution in [3.8, 4) is 6.07 Å². The Morgan fingerprint density at radius 1 is 1.44 bits per heavy atom. The number of benzene rings is 1. The maximum Gasteiger partial charge on any atom is 0.0747 e. The lowest BCUT2D eigenvalue weighted by molar-refractivity contribution is 0.0882. The molecule has 1 fully saturated rings. The normalized spacial score (nSPS) is 26.2. The largest absolute Gasteiger partial charge is 0.377 e. The van der Waals surface area contributed by atoms with Gasteiger partial charge in [-0.1, -0.05) is 37.3 Å². The minimum absolute atomic E-state index is 0.0890. The van der Waals surface area contributed by atoms with E-state index in [1.165, 1.54) is 5.56 Å². The maximum atomic E-state index is 8.99. The molecule has 1 saturated heterocycles. The number of hydrogen-bond acceptors (Lipinski definition) is 2. The quantitative estimate of drug-likeness (QED) is 0.776. The summed E-state index contributed by atoms with van der Waals surface area (Å²) in [5, 5.41) is 8.99. The van der Waals surface area contributed by atoms with Gasteiger partial charge in [0.05, 0.1) is 18.1 Å². The van der Waals surface area contributed by atoms with Crippen molar-refractivity contribution in [1.82, 2.24) is 0 Å². The molecule has 84 valence electrons. The first-order valence-corrected chi connectivity index (χ1v) is 5.87. The van der Waals surface area contributed by atoms with E-state index < -0.39 is 0 Å². The zero-order valence-electron chi connectivity index (χ0n) is 9.60. The molecule has 2 rings (SSSR count). The highest BCUT2D eigenvalue weighted by atomic mass is 16.5. The van der Waals surface area contributed by atoms with Gasteiger partial charge >= 0.3 is 0 Å². The summed E-state index contributed by atoms with van der Waals surface area (Å²) in [6.45, 7) is 2.94. The third-order valence-electron chi connectivity index (χ3n) is 3.33. The Kier molecular flexibility index (Phi) is 3.58. The van der Waals surface area contributed by atoms with Crippen LogP contribution in [0.15, 0.2) is 30.3 Å². The second kappa shape index (κ2) is 5.14. The first kappa shape index (κ1) is 11.2. The summed E-state index contributed by atoms with van der Waals surface area (Å²) in [5.41, 5.74) is 1.33. The van der Waals surface area contributed by atoms with Crippen molar-refractivity contribution in [2.75, 3.05) is 6.61 Å². The van der Waals surface area contributed by atoms with Gasteiger partial charge in [-0.05, 0) is 24.3 Å². The van der Waals surface area contributed by atoms with Crippen LogP contribution in [0.1, 0.15) is 31.2 Å². The molecule has 2 nitrogen and oxygen atoms in total. The zero-order chi connectivity index (χ0) is 11.4. The van der Waals surface area contributed by atoms with Crippen molar-refractivity contribution < 1.29 is 4.74 Å². The Hall–Kier alpha value is -1.33. The van der Waals surface area contributed by atoms with E-state index in [2.05, 4.69) is 37.3 Å². The maximum absolute atomic E-state index is 8.99. The van der Waals surface area contributed by atoms with Gasteiger partial charge in [-0.3, -0.25) is 0 Å². The second-order valence-electron chi connectivity index (χ2n) is 4.48. The van der Waals surface area contributed by atoms with E-state index in [0.717, 1.165) is 19.4 Å². The summed E-state index contributed by atoms with van der Waals surface area (Å²) in [4.78, 5) is 0. The number of rotatable bonds is 3. The fourth-order valence-electron chi connectivity index (χ4n) is 2.29. The first-order chi connectivity index (χ1) is 7.81. The molecular weight excluding hydrogens is 198 g/mol. The third kappa shape index (κ3) is 2.43. The molecule has 0 radical (unpaired) electrons. The predicted molar refractivity (Wildman–Crippen MR) is 62.9 cm³/mol. The summed E-state index contributed by atoms with van der Waals surface area (Å²) in [5.74, 6) is 0.548. The van der Waals surface area contributed by atoms with Gasteiger partial charge in [-0.15, -0.1) is 0 Å². The van der Waals surface area contributed by atoms with E-state index in [0.29, 0.717) is 5.92 Å². The molecule has 0 aromatic heterocycles. The van der Waals surface area contributed by atoms with Crippen LogP contribution >= 0.6 is 0 Å². The lowest BCUT2D eigenvalue weighted by Gasteiger charge is -2.18. The molecule has 1 heterocycles. The Balaban J connectivity index is 1.98. The fourth-order valence-corrected chi connectivity index (χ4v) is 2.29. The third-order valence-corrected chi connectivity index (χ3v) is 3.33. The highest BCUT2D eigenvalue weighted by Gasteiger charge is 2.29. The van der Waals surface area contributed by atoms with Crippen LogP contribution in [0, 0.1) is 17.2 Å². The summed E-state index contributed by atoms with van der Waals surface area (Å²) in [6, 6.07) is 12.8. The molecular formula is C14H17NO. The van der Waals surface area contributed by atoms with Crippen LogP contribution in [0.25, 0.3) is 0 Å². The minimum Gasteiger partial charge on any atom is -0.377 e. The molecule has 16 heavy (non-hydrogen) atoms. The Labute approximate surface area is 96.9 Å². The Bertz CT molecular complexity index is 368. The van der Waals surface area contributed by atoms with Crippen LogP contribution in [0.2, 0.25) is 0 Å². The van der Waals surface area contributed by atoms with Crippen molar-refractivity contribution >= 4 is 0 Å². The number of ether oxygens (including phenoxy) is 1. The summed E-state index contributed by atoms with van der Waals surface area (Å²) >= 11 is 0. The summed E-state index contributed by atoms with van der Waals surface area (Å²) in [6.07, 6.45) is 1.96. The van der Waals surface area contributed by atoms with E-state index in [1.807, 2.05) is 6.07 Å². The fraction of sp³-hybridized carbons (Fsp3) is 0.500. The van der Waals surface area contributed by atoms with Crippen LogP contribution in [-0.2, 0) is 4.74 Å². The van der Waals surface area contributed by atoms with Crippen molar-refractivity contribution in [2.24, 2.45) is 5.92 Å². The van der Waals surface area contributed by atoms with Gasteiger partial charge in [0, 0.05) is 6.61 Å². The lowest BCUT2D eigenvalue weighted by Crippen LogP contribution is -2.17. The molecule has 1 aliphatic heterocycles. The molecule has 0 saturated carbocycles. The molecule has 0 amide bonds. The lowest BCUT2D eigenvalue weighted by atomic mass is 9.90. The summed E-state index contributed by atoms with van der Waals surface area (Å²) < 4.78 is 5.63. The SMILES string of the molecule is CC(CC1OCCC1C#N)c1ccccc1. The van der Waals surface area contributed by atoms with Crippen LogP contribution in [0.4, 0.5) is 0 Å². The Morgan fingerprint density at radius 3 is 2.88 bits per heavy atom. The standard InChI is InChI=1S/C14H17NO/c1-11(12-5-3-2-4-6-12)9-14-13(10-15)7-8-16-14/h2-6,11,13-14H,7-9H2,1H3. The van der Waals surface area contributed by atoms with Crippen LogP contribution < -0.4 is 0 Å². The molecule has 1 aromatic carbocycles. The minimum atomic E-state index is 0.0890. The summed E-state index contributed by atoms with van der Waals surface area (Å²) in [7, 11) is 0. The van der Waals surface area contributed by atoms with Crippen LogP contribution in [-0.4, -0.2) is 12.7 Å². The number of nitriles is 1. The molecule has 0 N–H and O–H groups in total. The molecule has 1 aromatic rings. The molecule has 3 unspecified atom stereocenters. The highest BCUT2D eigenvalue weighted by Crippen LogP contribution is 2.29. The van der Waals surface area contributed by atoms with Crippen molar-refractivity contribution in [2.45, 2.75) is 31.8 Å². The number of hydrogen-bond donors (Lipinski definition) is 0. The number of nitrogens with zero attached hydrogens (tertiary/aromatic N) is 1. The smallest absolute Gasteiger partial charge is 0.0747 e. The predicted octanol–water partition coefficient (Wildman–Crippen LogP) is 3.11. The van der Waals surface area contributed by atoms with Gasteiger partial charge in [0.15, 0.2) is 0 Å².